The molecule has 1 saturated heterocycles. The lowest BCUT2D eigenvalue weighted by molar-refractivity contribution is 0.0745. The Bertz CT molecular complexity index is 686. The zero-order valence-corrected chi connectivity index (χ0v) is 13.7. The first kappa shape index (κ1) is 15.4. The van der Waals surface area contributed by atoms with Crippen molar-refractivity contribution in [1.82, 2.24) is 9.88 Å². The third kappa shape index (κ3) is 3.16. The predicted molar refractivity (Wildman–Crippen MR) is 87.1 cm³/mol. The summed E-state index contributed by atoms with van der Waals surface area (Å²) in [5, 5.41) is 0. The van der Waals surface area contributed by atoms with E-state index in [1.54, 1.807) is 13.3 Å². The van der Waals surface area contributed by atoms with Crippen LogP contribution in [0, 0.1) is 13.8 Å². The van der Waals surface area contributed by atoms with Crippen molar-refractivity contribution in [1.29, 1.82) is 0 Å². The molecule has 0 bridgehead atoms. The van der Waals surface area contributed by atoms with E-state index in [-0.39, 0.29) is 5.91 Å². The molecule has 1 aliphatic rings. The quantitative estimate of drug-likeness (QED) is 0.869. The van der Waals surface area contributed by atoms with E-state index < -0.39 is 0 Å². The number of nitrogens with zero attached hydrogens (tertiary/aromatic N) is 3. The van der Waals surface area contributed by atoms with Gasteiger partial charge in [-0.3, -0.25) is 4.79 Å². The Labute approximate surface area is 135 Å². The van der Waals surface area contributed by atoms with Crippen LogP contribution in [0.1, 0.15) is 21.9 Å². The summed E-state index contributed by atoms with van der Waals surface area (Å²) in [6.45, 7) is 6.57. The van der Waals surface area contributed by atoms with Gasteiger partial charge in [-0.2, -0.15) is 0 Å². The molecule has 0 radical (unpaired) electrons. The third-order valence-corrected chi connectivity index (χ3v) is 4.12. The van der Waals surface area contributed by atoms with Crippen LogP contribution >= 0.6 is 0 Å². The molecule has 0 N–H and O–H groups in total. The second-order valence-electron chi connectivity index (χ2n) is 5.66. The molecule has 2 aromatic rings. The van der Waals surface area contributed by atoms with Gasteiger partial charge < -0.3 is 19.0 Å². The Morgan fingerprint density at radius 3 is 2.48 bits per heavy atom. The highest BCUT2D eigenvalue weighted by Crippen LogP contribution is 2.20. The summed E-state index contributed by atoms with van der Waals surface area (Å²) in [6.07, 6.45) is 1.71. The van der Waals surface area contributed by atoms with Crippen molar-refractivity contribution in [3.63, 3.8) is 0 Å². The summed E-state index contributed by atoms with van der Waals surface area (Å²) in [5.74, 6) is 3.15. The van der Waals surface area contributed by atoms with Gasteiger partial charge in [0.05, 0.1) is 18.9 Å². The topological polar surface area (TPSA) is 58.8 Å². The van der Waals surface area contributed by atoms with Crippen molar-refractivity contribution >= 4 is 11.7 Å². The number of hydrogen-bond acceptors (Lipinski definition) is 5. The number of piperazine rings is 1. The van der Waals surface area contributed by atoms with Crippen LogP contribution in [0.15, 0.2) is 28.8 Å². The van der Waals surface area contributed by atoms with Crippen LogP contribution in [-0.4, -0.2) is 49.1 Å². The van der Waals surface area contributed by atoms with E-state index >= 15 is 0 Å². The maximum Gasteiger partial charge on any atom is 0.257 e. The third-order valence-electron chi connectivity index (χ3n) is 4.12. The second-order valence-corrected chi connectivity index (χ2v) is 5.66. The zero-order valence-electron chi connectivity index (χ0n) is 13.7. The van der Waals surface area contributed by atoms with E-state index in [1.807, 2.05) is 36.9 Å². The fourth-order valence-corrected chi connectivity index (χ4v) is 2.83. The van der Waals surface area contributed by atoms with Crippen molar-refractivity contribution < 1.29 is 13.9 Å². The average Bonchev–Trinajstić information content (AvgIpc) is 2.93. The SMILES string of the molecule is COc1ccc(N2CCN(C(=O)c3cc(C)oc3C)CC2)nc1. The van der Waals surface area contributed by atoms with Gasteiger partial charge in [-0.05, 0) is 32.0 Å². The molecule has 6 nitrogen and oxygen atoms in total. The van der Waals surface area contributed by atoms with E-state index in [4.69, 9.17) is 9.15 Å². The molecular weight excluding hydrogens is 294 g/mol. The first-order valence-corrected chi connectivity index (χ1v) is 7.70. The number of furan rings is 1. The van der Waals surface area contributed by atoms with Gasteiger partial charge in [0.1, 0.15) is 23.1 Å². The summed E-state index contributed by atoms with van der Waals surface area (Å²) >= 11 is 0. The largest absolute Gasteiger partial charge is 0.495 e. The number of hydrogen-bond donors (Lipinski definition) is 0. The summed E-state index contributed by atoms with van der Waals surface area (Å²) < 4.78 is 10.6. The average molecular weight is 315 g/mol. The summed E-state index contributed by atoms with van der Waals surface area (Å²) in [6, 6.07) is 5.66. The number of rotatable bonds is 3. The number of aromatic nitrogens is 1. The van der Waals surface area contributed by atoms with Crippen LogP contribution in [0.4, 0.5) is 5.82 Å². The number of amides is 1. The zero-order chi connectivity index (χ0) is 16.4. The molecule has 0 unspecified atom stereocenters. The van der Waals surface area contributed by atoms with Crippen LogP contribution in [-0.2, 0) is 0 Å². The normalized spacial score (nSPS) is 14.9. The van der Waals surface area contributed by atoms with Crippen molar-refractivity contribution in [2.75, 3.05) is 38.2 Å². The minimum Gasteiger partial charge on any atom is -0.495 e. The Morgan fingerprint density at radius 1 is 1.22 bits per heavy atom. The molecule has 1 fully saturated rings. The van der Waals surface area contributed by atoms with Crippen LogP contribution in [0.3, 0.4) is 0 Å². The van der Waals surface area contributed by atoms with Gasteiger partial charge in [-0.15, -0.1) is 0 Å². The standard InChI is InChI=1S/C17H21N3O3/c1-12-10-15(13(2)23-12)17(21)20-8-6-19(7-9-20)16-5-4-14(22-3)11-18-16/h4-5,10-11H,6-9H2,1-3H3. The van der Waals surface area contributed by atoms with Gasteiger partial charge in [-0.25, -0.2) is 4.98 Å². The van der Waals surface area contributed by atoms with Crippen molar-refractivity contribution in [2.45, 2.75) is 13.8 Å². The fourth-order valence-electron chi connectivity index (χ4n) is 2.83. The molecule has 0 aromatic carbocycles. The van der Waals surface area contributed by atoms with Crippen molar-refractivity contribution in [3.05, 3.63) is 41.5 Å². The molecule has 0 aliphatic carbocycles. The Balaban J connectivity index is 1.63. The number of methoxy groups -OCH3 is 1. The van der Waals surface area contributed by atoms with Crippen molar-refractivity contribution in [3.8, 4) is 5.75 Å². The van der Waals surface area contributed by atoms with E-state index in [0.717, 1.165) is 30.4 Å². The molecule has 0 atom stereocenters. The van der Waals surface area contributed by atoms with Gasteiger partial charge >= 0.3 is 0 Å². The van der Waals surface area contributed by atoms with Gasteiger partial charge in [0.25, 0.3) is 5.91 Å². The number of anilines is 1. The van der Waals surface area contributed by atoms with Crippen molar-refractivity contribution in [2.24, 2.45) is 0 Å². The Morgan fingerprint density at radius 2 is 1.96 bits per heavy atom. The molecule has 1 aliphatic heterocycles. The lowest BCUT2D eigenvalue weighted by Crippen LogP contribution is -2.49. The molecule has 0 saturated carbocycles. The van der Waals surface area contributed by atoms with E-state index in [2.05, 4.69) is 9.88 Å². The minimum atomic E-state index is 0.0432. The van der Waals surface area contributed by atoms with E-state index in [9.17, 15) is 4.79 Å². The monoisotopic (exact) mass is 315 g/mol. The molecule has 0 spiro atoms. The van der Waals surface area contributed by atoms with Gasteiger partial charge in [0.2, 0.25) is 0 Å². The lowest BCUT2D eigenvalue weighted by atomic mass is 10.2. The first-order valence-electron chi connectivity index (χ1n) is 7.70. The molecule has 1 amide bonds. The number of pyridine rings is 1. The van der Waals surface area contributed by atoms with Gasteiger partial charge in [0.15, 0.2) is 0 Å². The Kier molecular flexibility index (Phi) is 4.23. The highest BCUT2D eigenvalue weighted by molar-refractivity contribution is 5.95. The minimum absolute atomic E-state index is 0.0432. The van der Waals surface area contributed by atoms with Gasteiger partial charge in [-0.1, -0.05) is 0 Å². The summed E-state index contributed by atoms with van der Waals surface area (Å²) in [5.41, 5.74) is 0.665. The molecule has 3 heterocycles. The smallest absolute Gasteiger partial charge is 0.257 e. The first-order chi connectivity index (χ1) is 11.1. The number of carbonyl (C=O) groups excluding carboxylic acids is 1. The maximum atomic E-state index is 12.6. The fraction of sp³-hybridized carbons (Fsp3) is 0.412. The number of aryl methyl sites for hydroxylation is 2. The van der Waals surface area contributed by atoms with Crippen LogP contribution in [0.25, 0.3) is 0 Å². The van der Waals surface area contributed by atoms with Crippen LogP contribution < -0.4 is 9.64 Å². The Hall–Kier alpha value is -2.50. The molecule has 6 heteroatoms. The summed E-state index contributed by atoms with van der Waals surface area (Å²) in [4.78, 5) is 21.0. The molecule has 3 rings (SSSR count). The molecular formula is C17H21N3O3. The van der Waals surface area contributed by atoms with E-state index in [0.29, 0.717) is 24.4 Å². The predicted octanol–water partition coefficient (Wildman–Crippen LogP) is 2.26. The van der Waals surface area contributed by atoms with Crippen LogP contribution in [0.5, 0.6) is 5.75 Å². The highest BCUT2D eigenvalue weighted by Gasteiger charge is 2.25. The van der Waals surface area contributed by atoms with Gasteiger partial charge in [0, 0.05) is 26.2 Å². The molecule has 122 valence electrons. The molecule has 2 aromatic heterocycles. The number of carbonyl (C=O) groups is 1. The highest BCUT2D eigenvalue weighted by atomic mass is 16.5. The van der Waals surface area contributed by atoms with Crippen LogP contribution in [0.2, 0.25) is 0 Å². The summed E-state index contributed by atoms with van der Waals surface area (Å²) in [7, 11) is 1.63. The van der Waals surface area contributed by atoms with E-state index in [1.165, 1.54) is 0 Å². The lowest BCUT2D eigenvalue weighted by Gasteiger charge is -2.35. The second kappa shape index (κ2) is 6.32. The molecule has 23 heavy (non-hydrogen) atoms. The maximum absolute atomic E-state index is 12.6. The number of ether oxygens (including phenoxy) is 1.